The molecule has 1 saturated carbocycles. The quantitative estimate of drug-likeness (QED) is 0.692. The average Bonchev–Trinajstić information content (AvgIpc) is 2.79. The van der Waals surface area contributed by atoms with Crippen LogP contribution in [0.4, 0.5) is 0 Å². The third-order valence-electron chi connectivity index (χ3n) is 3.34. The van der Waals surface area contributed by atoms with E-state index in [0.717, 1.165) is 13.1 Å². The van der Waals surface area contributed by atoms with Gasteiger partial charge < -0.3 is 11.1 Å². The SMILES string of the molecule is NCC1CCCCC1NCc1cn[nH]c1. The van der Waals surface area contributed by atoms with Gasteiger partial charge in [0.2, 0.25) is 0 Å². The Kier molecular flexibility index (Phi) is 3.75. The van der Waals surface area contributed by atoms with Crippen LogP contribution in [0.5, 0.6) is 0 Å². The minimum Gasteiger partial charge on any atom is -0.330 e. The fourth-order valence-corrected chi connectivity index (χ4v) is 2.38. The van der Waals surface area contributed by atoms with Crippen LogP contribution in [0.2, 0.25) is 0 Å². The first-order valence-corrected chi connectivity index (χ1v) is 5.81. The van der Waals surface area contributed by atoms with E-state index in [4.69, 9.17) is 5.73 Å². The fraction of sp³-hybridized carbons (Fsp3) is 0.727. The molecule has 0 spiro atoms. The summed E-state index contributed by atoms with van der Waals surface area (Å²) in [5.74, 6) is 0.658. The van der Waals surface area contributed by atoms with Crippen molar-refractivity contribution in [1.82, 2.24) is 15.5 Å². The molecular formula is C11H20N4. The van der Waals surface area contributed by atoms with E-state index in [2.05, 4.69) is 15.5 Å². The Morgan fingerprint density at radius 1 is 1.47 bits per heavy atom. The molecule has 0 saturated heterocycles. The van der Waals surface area contributed by atoms with Crippen molar-refractivity contribution < 1.29 is 0 Å². The van der Waals surface area contributed by atoms with E-state index < -0.39 is 0 Å². The van der Waals surface area contributed by atoms with Crippen LogP contribution in [0, 0.1) is 5.92 Å². The molecule has 0 bridgehead atoms. The number of hydrogen-bond donors (Lipinski definition) is 3. The predicted octanol–water partition coefficient (Wildman–Crippen LogP) is 1.02. The van der Waals surface area contributed by atoms with E-state index in [9.17, 15) is 0 Å². The summed E-state index contributed by atoms with van der Waals surface area (Å²) in [5.41, 5.74) is 7.00. The average molecular weight is 208 g/mol. The third-order valence-corrected chi connectivity index (χ3v) is 3.34. The van der Waals surface area contributed by atoms with Crippen molar-refractivity contribution >= 4 is 0 Å². The van der Waals surface area contributed by atoms with Gasteiger partial charge in [-0.25, -0.2) is 0 Å². The van der Waals surface area contributed by atoms with Crippen molar-refractivity contribution in [3.8, 4) is 0 Å². The molecule has 4 heteroatoms. The van der Waals surface area contributed by atoms with Gasteiger partial charge >= 0.3 is 0 Å². The molecule has 2 atom stereocenters. The molecule has 15 heavy (non-hydrogen) atoms. The summed E-state index contributed by atoms with van der Waals surface area (Å²) in [6, 6.07) is 0.596. The summed E-state index contributed by atoms with van der Waals surface area (Å²) in [4.78, 5) is 0. The van der Waals surface area contributed by atoms with Crippen LogP contribution in [-0.4, -0.2) is 22.8 Å². The van der Waals surface area contributed by atoms with Gasteiger partial charge in [0.25, 0.3) is 0 Å². The molecule has 84 valence electrons. The third kappa shape index (κ3) is 2.79. The predicted molar refractivity (Wildman–Crippen MR) is 60.2 cm³/mol. The molecule has 0 amide bonds. The highest BCUT2D eigenvalue weighted by Gasteiger charge is 2.23. The second kappa shape index (κ2) is 5.28. The first kappa shape index (κ1) is 10.6. The Bertz CT molecular complexity index is 270. The lowest BCUT2D eigenvalue weighted by Gasteiger charge is -2.31. The maximum Gasteiger partial charge on any atom is 0.0532 e. The van der Waals surface area contributed by atoms with E-state index in [1.807, 2.05) is 12.4 Å². The van der Waals surface area contributed by atoms with Gasteiger partial charge in [0.15, 0.2) is 0 Å². The highest BCUT2D eigenvalue weighted by Crippen LogP contribution is 2.23. The Balaban J connectivity index is 1.81. The molecule has 1 aliphatic rings. The molecule has 0 aromatic carbocycles. The molecule has 1 aromatic rings. The smallest absolute Gasteiger partial charge is 0.0532 e. The zero-order valence-corrected chi connectivity index (χ0v) is 9.08. The maximum absolute atomic E-state index is 5.78. The molecule has 0 aliphatic heterocycles. The second-order valence-corrected chi connectivity index (χ2v) is 4.37. The Labute approximate surface area is 90.6 Å². The van der Waals surface area contributed by atoms with Gasteiger partial charge in [-0.1, -0.05) is 12.8 Å². The van der Waals surface area contributed by atoms with E-state index >= 15 is 0 Å². The maximum atomic E-state index is 5.78. The summed E-state index contributed by atoms with van der Waals surface area (Å²) in [6.45, 7) is 1.71. The van der Waals surface area contributed by atoms with Gasteiger partial charge in [0.1, 0.15) is 0 Å². The summed E-state index contributed by atoms with van der Waals surface area (Å²) in [6.07, 6.45) is 9.02. The molecule has 1 fully saturated rings. The topological polar surface area (TPSA) is 66.7 Å². The highest BCUT2D eigenvalue weighted by molar-refractivity contribution is 5.02. The van der Waals surface area contributed by atoms with Crippen molar-refractivity contribution in [3.63, 3.8) is 0 Å². The van der Waals surface area contributed by atoms with Gasteiger partial charge in [0, 0.05) is 24.3 Å². The fourth-order valence-electron chi connectivity index (χ4n) is 2.38. The molecule has 4 nitrogen and oxygen atoms in total. The van der Waals surface area contributed by atoms with E-state index in [1.165, 1.54) is 31.2 Å². The summed E-state index contributed by atoms with van der Waals surface area (Å²) in [7, 11) is 0. The van der Waals surface area contributed by atoms with Gasteiger partial charge in [-0.15, -0.1) is 0 Å². The van der Waals surface area contributed by atoms with Gasteiger partial charge in [-0.05, 0) is 25.3 Å². The summed E-state index contributed by atoms with van der Waals surface area (Å²) >= 11 is 0. The number of nitrogens with two attached hydrogens (primary N) is 1. The first-order valence-electron chi connectivity index (χ1n) is 5.81. The van der Waals surface area contributed by atoms with Crippen LogP contribution in [0.15, 0.2) is 12.4 Å². The Morgan fingerprint density at radius 2 is 2.33 bits per heavy atom. The number of rotatable bonds is 4. The van der Waals surface area contributed by atoms with Crippen molar-refractivity contribution in [2.24, 2.45) is 11.7 Å². The lowest BCUT2D eigenvalue weighted by atomic mass is 9.84. The molecule has 1 heterocycles. The largest absolute Gasteiger partial charge is 0.330 e. The minimum absolute atomic E-state index is 0.596. The van der Waals surface area contributed by atoms with Crippen LogP contribution in [0.25, 0.3) is 0 Å². The zero-order valence-electron chi connectivity index (χ0n) is 9.08. The second-order valence-electron chi connectivity index (χ2n) is 4.37. The van der Waals surface area contributed by atoms with Crippen molar-refractivity contribution in [2.45, 2.75) is 38.3 Å². The van der Waals surface area contributed by atoms with Crippen molar-refractivity contribution in [3.05, 3.63) is 18.0 Å². The summed E-state index contributed by atoms with van der Waals surface area (Å²) in [5, 5.41) is 10.3. The first-order chi connectivity index (χ1) is 7.40. The van der Waals surface area contributed by atoms with Crippen molar-refractivity contribution in [2.75, 3.05) is 6.54 Å². The molecule has 1 aliphatic carbocycles. The Morgan fingerprint density at radius 3 is 3.07 bits per heavy atom. The number of hydrogen-bond acceptors (Lipinski definition) is 3. The molecule has 1 aromatic heterocycles. The number of nitrogens with one attached hydrogen (secondary N) is 2. The van der Waals surface area contributed by atoms with Crippen molar-refractivity contribution in [1.29, 1.82) is 0 Å². The van der Waals surface area contributed by atoms with Gasteiger partial charge in [-0.2, -0.15) is 5.10 Å². The Hall–Kier alpha value is -0.870. The van der Waals surface area contributed by atoms with Crippen LogP contribution in [0.3, 0.4) is 0 Å². The van der Waals surface area contributed by atoms with Crippen LogP contribution in [-0.2, 0) is 6.54 Å². The van der Waals surface area contributed by atoms with Crippen LogP contribution < -0.4 is 11.1 Å². The highest BCUT2D eigenvalue weighted by atomic mass is 15.1. The van der Waals surface area contributed by atoms with Crippen LogP contribution in [0.1, 0.15) is 31.2 Å². The molecule has 2 unspecified atom stereocenters. The lowest BCUT2D eigenvalue weighted by molar-refractivity contribution is 0.267. The lowest BCUT2D eigenvalue weighted by Crippen LogP contribution is -2.41. The summed E-state index contributed by atoms with van der Waals surface area (Å²) < 4.78 is 0. The molecule has 2 rings (SSSR count). The van der Waals surface area contributed by atoms with Gasteiger partial charge in [-0.3, -0.25) is 5.10 Å². The van der Waals surface area contributed by atoms with Crippen LogP contribution >= 0.6 is 0 Å². The number of nitrogens with zero attached hydrogens (tertiary/aromatic N) is 1. The normalized spacial score (nSPS) is 26.7. The van der Waals surface area contributed by atoms with Gasteiger partial charge in [0.05, 0.1) is 6.20 Å². The number of aromatic amines is 1. The van der Waals surface area contributed by atoms with E-state index in [0.29, 0.717) is 12.0 Å². The minimum atomic E-state index is 0.596. The number of H-pyrrole nitrogens is 1. The molecular weight excluding hydrogens is 188 g/mol. The standard InChI is InChI=1S/C11H20N4/c12-5-10-3-1-2-4-11(10)13-6-9-7-14-15-8-9/h7-8,10-11,13H,1-6,12H2,(H,14,15). The monoisotopic (exact) mass is 208 g/mol. The van der Waals surface area contributed by atoms with E-state index in [1.54, 1.807) is 0 Å². The molecule has 0 radical (unpaired) electrons. The zero-order chi connectivity index (χ0) is 10.5. The van der Waals surface area contributed by atoms with E-state index in [-0.39, 0.29) is 0 Å². The molecule has 4 N–H and O–H groups in total. The number of aromatic nitrogens is 2.